The molecular weight excluding hydrogens is 721 g/mol. The maximum absolute atomic E-state index is 13.8. The van der Waals surface area contributed by atoms with E-state index in [-0.39, 0.29) is 22.2 Å². The second-order valence-electron chi connectivity index (χ2n) is 11.9. The molecule has 0 spiro atoms. The molecule has 6 rings (SSSR count). The third-order valence-corrected chi connectivity index (χ3v) is 11.2. The van der Waals surface area contributed by atoms with E-state index < -0.39 is 33.6 Å². The topological polar surface area (TPSA) is 70.5 Å². The second kappa shape index (κ2) is 15.0. The number of nitrogens with one attached hydrogen (secondary N) is 1. The molecule has 246 valence electrons. The number of carbonyl (C=O) groups excluding carboxylic acids is 1. The summed E-state index contributed by atoms with van der Waals surface area (Å²) < 4.78 is 1.53. The van der Waals surface area contributed by atoms with Crippen molar-refractivity contribution >= 4 is 87.3 Å². The van der Waals surface area contributed by atoms with Crippen LogP contribution in [0.25, 0.3) is 17.3 Å². The molecule has 2 aromatic carbocycles. The number of nitrogens with zero attached hydrogens (tertiary/aromatic N) is 3. The molecule has 4 unspecified atom stereocenters. The molecule has 2 saturated carbocycles. The Morgan fingerprint density at radius 1 is 0.681 bits per heavy atom. The maximum atomic E-state index is 13.8. The van der Waals surface area contributed by atoms with E-state index in [9.17, 15) is 9.59 Å². The lowest BCUT2D eigenvalue weighted by Gasteiger charge is -2.37. The van der Waals surface area contributed by atoms with Crippen LogP contribution < -0.4 is 5.56 Å². The van der Waals surface area contributed by atoms with Gasteiger partial charge >= 0.3 is 0 Å². The number of rotatable bonds is 7. The van der Waals surface area contributed by atoms with Gasteiger partial charge in [-0.25, -0.2) is 9.69 Å². The van der Waals surface area contributed by atoms with Crippen LogP contribution in [-0.2, 0) is 4.79 Å². The molecule has 1 aliphatic heterocycles. The minimum atomic E-state index is -0.499. The first-order valence-electron chi connectivity index (χ1n) is 15.4. The van der Waals surface area contributed by atoms with Gasteiger partial charge in [0.25, 0.3) is 11.5 Å². The van der Waals surface area contributed by atoms with Crippen molar-refractivity contribution in [3.05, 3.63) is 112 Å². The molecule has 0 radical (unpaired) electrons. The molecule has 4 atom stereocenters. The van der Waals surface area contributed by atoms with E-state index in [2.05, 4.69) is 5.10 Å². The number of aromatic amines is 1. The van der Waals surface area contributed by atoms with Gasteiger partial charge in [-0.1, -0.05) is 78.9 Å². The molecular formula is C35H32Cl6N4O2. The Hall–Kier alpha value is -2.45. The van der Waals surface area contributed by atoms with Crippen LogP contribution in [-0.4, -0.2) is 64.7 Å². The summed E-state index contributed by atoms with van der Waals surface area (Å²) in [5.41, 5.74) is 3.45. The number of hydrogen-bond acceptors (Lipinski definition) is 3. The SMILES string of the molecule is O=C1/C(=C\C=CC=Cc2c(-c3ccccc3)[nH]n(C3C(Cl)CC(Cl)CC3Cl)c2=O)C(c2ccccc2)=NN1C1C(Cl)CC(Cl)CC1Cl. The van der Waals surface area contributed by atoms with E-state index in [1.165, 1.54) is 9.69 Å². The van der Waals surface area contributed by atoms with Gasteiger partial charge in [0.1, 0.15) is 5.71 Å². The zero-order valence-electron chi connectivity index (χ0n) is 25.0. The lowest BCUT2D eigenvalue weighted by Crippen LogP contribution is -2.50. The van der Waals surface area contributed by atoms with Crippen molar-refractivity contribution in [3.8, 4) is 11.3 Å². The lowest BCUT2D eigenvalue weighted by molar-refractivity contribution is -0.128. The standard InChI is InChI=1S/C35H32Cl6N4O2/c36-22-16-26(38)32(27(39)17-22)44-34(46)24(30(42-44)20-10-4-1-5-11-20)14-8-3-9-15-25-31(21-12-6-2-7-13-21)43-45(35(25)47)33-28(40)18-23(37)19-29(33)41/h1-15,22-23,26-29,32-33,42H,16-19H2/b9-3?,14-8?,25-15-. The fourth-order valence-corrected chi connectivity index (χ4v) is 9.71. The van der Waals surface area contributed by atoms with E-state index in [1.807, 2.05) is 60.7 Å². The monoisotopic (exact) mass is 750 g/mol. The summed E-state index contributed by atoms with van der Waals surface area (Å²) in [7, 11) is 0. The number of hydrazone groups is 1. The van der Waals surface area contributed by atoms with Crippen LogP contribution in [0.2, 0.25) is 0 Å². The van der Waals surface area contributed by atoms with E-state index in [4.69, 9.17) is 74.7 Å². The molecule has 0 saturated heterocycles. The van der Waals surface area contributed by atoms with Crippen LogP contribution in [0.1, 0.15) is 42.9 Å². The molecule has 2 aliphatic carbocycles. The summed E-state index contributed by atoms with van der Waals surface area (Å²) in [6, 6.07) is 18.1. The summed E-state index contributed by atoms with van der Waals surface area (Å²) in [5.74, 6) is -0.287. The van der Waals surface area contributed by atoms with Gasteiger partial charge in [0.15, 0.2) is 0 Å². The number of hydrogen-bond donors (Lipinski definition) is 1. The highest BCUT2D eigenvalue weighted by molar-refractivity contribution is 6.32. The zero-order chi connectivity index (χ0) is 33.2. The Morgan fingerprint density at radius 2 is 1.21 bits per heavy atom. The fraction of sp³-hybridized carbons (Fsp3) is 0.343. The van der Waals surface area contributed by atoms with Gasteiger partial charge in [-0.3, -0.25) is 14.7 Å². The zero-order valence-corrected chi connectivity index (χ0v) is 29.6. The Labute approximate surface area is 303 Å². The van der Waals surface area contributed by atoms with Crippen molar-refractivity contribution < 1.29 is 4.79 Å². The number of aromatic nitrogens is 2. The number of H-pyrrole nitrogens is 1. The Kier molecular flexibility index (Phi) is 11.0. The molecule has 2 heterocycles. The predicted molar refractivity (Wildman–Crippen MR) is 196 cm³/mol. The Balaban J connectivity index is 1.30. The number of carbonyl (C=O) groups is 1. The molecule has 2 fully saturated rings. The molecule has 6 nitrogen and oxygen atoms in total. The molecule has 47 heavy (non-hydrogen) atoms. The summed E-state index contributed by atoms with van der Waals surface area (Å²) in [6.45, 7) is 0. The van der Waals surface area contributed by atoms with Crippen LogP contribution in [0, 0.1) is 0 Å². The van der Waals surface area contributed by atoms with E-state index >= 15 is 0 Å². The van der Waals surface area contributed by atoms with Gasteiger partial charge in [0, 0.05) is 21.9 Å². The van der Waals surface area contributed by atoms with Crippen LogP contribution in [0.4, 0.5) is 0 Å². The number of allylic oxidation sites excluding steroid dienone is 4. The predicted octanol–water partition coefficient (Wildman–Crippen LogP) is 8.73. The maximum Gasteiger partial charge on any atom is 0.276 e. The Bertz CT molecular complexity index is 1740. The van der Waals surface area contributed by atoms with Crippen LogP contribution in [0.5, 0.6) is 0 Å². The third kappa shape index (κ3) is 7.29. The van der Waals surface area contributed by atoms with Crippen molar-refractivity contribution in [1.82, 2.24) is 14.8 Å². The third-order valence-electron chi connectivity index (χ3n) is 8.70. The molecule has 1 aromatic heterocycles. The van der Waals surface area contributed by atoms with Crippen molar-refractivity contribution in [2.75, 3.05) is 0 Å². The van der Waals surface area contributed by atoms with E-state index in [0.717, 1.165) is 11.1 Å². The first-order valence-corrected chi connectivity index (χ1v) is 18.0. The number of amides is 1. The summed E-state index contributed by atoms with van der Waals surface area (Å²) in [6.07, 6.45) is 10.9. The highest BCUT2D eigenvalue weighted by atomic mass is 35.5. The van der Waals surface area contributed by atoms with Gasteiger partial charge < -0.3 is 0 Å². The molecule has 0 bridgehead atoms. The summed E-state index contributed by atoms with van der Waals surface area (Å²) in [4.78, 5) is 27.6. The van der Waals surface area contributed by atoms with Crippen molar-refractivity contribution in [1.29, 1.82) is 0 Å². The van der Waals surface area contributed by atoms with Crippen molar-refractivity contribution in [2.24, 2.45) is 5.10 Å². The van der Waals surface area contributed by atoms with E-state index in [1.54, 1.807) is 30.4 Å². The highest BCUT2D eigenvalue weighted by Gasteiger charge is 2.45. The van der Waals surface area contributed by atoms with Crippen molar-refractivity contribution in [2.45, 2.75) is 70.0 Å². The quantitative estimate of drug-likeness (QED) is 0.149. The highest BCUT2D eigenvalue weighted by Crippen LogP contribution is 2.39. The normalized spacial score (nSPS) is 30.9. The van der Waals surface area contributed by atoms with Gasteiger partial charge in [-0.05, 0) is 37.8 Å². The minimum Gasteiger partial charge on any atom is -0.294 e. The van der Waals surface area contributed by atoms with Crippen molar-refractivity contribution in [3.63, 3.8) is 0 Å². The van der Waals surface area contributed by atoms with Gasteiger partial charge in [-0.2, -0.15) is 5.10 Å². The summed E-state index contributed by atoms with van der Waals surface area (Å²) in [5, 5.41) is 7.43. The lowest BCUT2D eigenvalue weighted by atomic mass is 9.93. The average Bonchev–Trinajstić information content (AvgIpc) is 3.53. The fourth-order valence-electron chi connectivity index (χ4n) is 6.43. The molecule has 1 amide bonds. The van der Waals surface area contributed by atoms with Gasteiger partial charge in [-0.15, -0.1) is 69.6 Å². The first kappa shape index (κ1) is 34.4. The average molecular weight is 753 g/mol. The number of benzene rings is 2. The number of alkyl halides is 6. The molecule has 1 N–H and O–H groups in total. The van der Waals surface area contributed by atoms with Crippen LogP contribution in [0.15, 0.2) is 100 Å². The molecule has 3 aromatic rings. The Morgan fingerprint density at radius 3 is 1.79 bits per heavy atom. The van der Waals surface area contributed by atoms with Gasteiger partial charge in [0.05, 0.1) is 50.4 Å². The van der Waals surface area contributed by atoms with Gasteiger partial charge in [0.2, 0.25) is 0 Å². The van der Waals surface area contributed by atoms with E-state index in [0.29, 0.717) is 48.2 Å². The molecule has 3 aliphatic rings. The summed E-state index contributed by atoms with van der Waals surface area (Å²) >= 11 is 39.5. The number of halogens is 6. The largest absolute Gasteiger partial charge is 0.294 e. The second-order valence-corrected chi connectivity index (χ2v) is 15.4. The van der Waals surface area contributed by atoms with Crippen LogP contribution in [0.3, 0.4) is 0 Å². The van der Waals surface area contributed by atoms with Crippen LogP contribution >= 0.6 is 69.6 Å². The minimum absolute atomic E-state index is 0.145. The smallest absolute Gasteiger partial charge is 0.276 e. The first-order chi connectivity index (χ1) is 22.6. The molecule has 12 heteroatoms.